The summed E-state index contributed by atoms with van der Waals surface area (Å²) >= 11 is 13.0. The number of aliphatic hydroxyl groups is 1. The lowest BCUT2D eigenvalue weighted by Crippen LogP contribution is -2.44. The van der Waals surface area contributed by atoms with Gasteiger partial charge in [0, 0.05) is 9.92 Å². The summed E-state index contributed by atoms with van der Waals surface area (Å²) < 4.78 is 4.44. The first-order chi connectivity index (χ1) is 9.47. The Balaban J connectivity index is 2.54. The van der Waals surface area contributed by atoms with Gasteiger partial charge >= 0.3 is 5.97 Å². The highest BCUT2D eigenvalue weighted by atomic mass is 35.5. The molecule has 0 heterocycles. The average molecular weight is 338 g/mol. The molecule has 2 N–H and O–H groups in total. The standard InChI is InChI=1S/C12H13Cl2NO4S/c1-19-12(18)9(5-16)15-11(17)6-20-10-4-7(13)2-3-8(10)14/h2-4,9,16H,5-6H2,1H3,(H,15,17). The van der Waals surface area contributed by atoms with Gasteiger partial charge in [-0.3, -0.25) is 4.79 Å². The van der Waals surface area contributed by atoms with Gasteiger partial charge in [0.05, 0.1) is 24.5 Å². The lowest BCUT2D eigenvalue weighted by atomic mass is 10.3. The molecule has 0 aliphatic rings. The fraction of sp³-hybridized carbons (Fsp3) is 0.333. The summed E-state index contributed by atoms with van der Waals surface area (Å²) in [4.78, 5) is 23.5. The molecule has 1 rings (SSSR count). The van der Waals surface area contributed by atoms with Crippen LogP contribution in [0.2, 0.25) is 10.0 Å². The van der Waals surface area contributed by atoms with Crippen LogP contribution in [0.5, 0.6) is 0 Å². The van der Waals surface area contributed by atoms with Crippen molar-refractivity contribution >= 4 is 46.8 Å². The van der Waals surface area contributed by atoms with Crippen LogP contribution in [-0.4, -0.2) is 42.5 Å². The normalized spacial score (nSPS) is 11.8. The molecule has 1 unspecified atom stereocenters. The fourth-order valence-electron chi connectivity index (χ4n) is 1.29. The molecule has 5 nitrogen and oxygen atoms in total. The summed E-state index contributed by atoms with van der Waals surface area (Å²) in [6.45, 7) is -0.527. The summed E-state index contributed by atoms with van der Waals surface area (Å²) in [5, 5.41) is 12.3. The van der Waals surface area contributed by atoms with E-state index < -0.39 is 24.5 Å². The molecular formula is C12H13Cl2NO4S. The molecular weight excluding hydrogens is 325 g/mol. The molecule has 0 saturated heterocycles. The molecule has 20 heavy (non-hydrogen) atoms. The first kappa shape index (κ1) is 17.1. The van der Waals surface area contributed by atoms with Gasteiger partial charge in [0.15, 0.2) is 6.04 Å². The molecule has 1 amide bonds. The molecule has 0 aliphatic heterocycles. The number of benzene rings is 1. The van der Waals surface area contributed by atoms with E-state index in [0.717, 1.165) is 0 Å². The number of ether oxygens (including phenoxy) is 1. The predicted molar refractivity (Wildman–Crippen MR) is 78.2 cm³/mol. The zero-order valence-electron chi connectivity index (χ0n) is 10.6. The van der Waals surface area contributed by atoms with E-state index in [-0.39, 0.29) is 5.75 Å². The number of aliphatic hydroxyl groups excluding tert-OH is 1. The first-order valence-corrected chi connectivity index (χ1v) is 7.28. The van der Waals surface area contributed by atoms with E-state index in [9.17, 15) is 9.59 Å². The third-order valence-corrected chi connectivity index (χ3v) is 3.99. The van der Waals surface area contributed by atoms with Crippen LogP contribution in [0.25, 0.3) is 0 Å². The predicted octanol–water partition coefficient (Wildman–Crippen LogP) is 1.74. The Labute approximate surface area is 130 Å². The molecule has 8 heteroatoms. The third kappa shape index (κ3) is 5.20. The topological polar surface area (TPSA) is 75.6 Å². The molecule has 0 spiro atoms. The van der Waals surface area contributed by atoms with Crippen molar-refractivity contribution < 1.29 is 19.4 Å². The Morgan fingerprint density at radius 1 is 1.45 bits per heavy atom. The van der Waals surface area contributed by atoms with Crippen molar-refractivity contribution in [2.24, 2.45) is 0 Å². The summed E-state index contributed by atoms with van der Waals surface area (Å²) in [6, 6.07) is 3.86. The summed E-state index contributed by atoms with van der Waals surface area (Å²) in [5.74, 6) is -1.09. The maximum absolute atomic E-state index is 11.7. The summed E-state index contributed by atoms with van der Waals surface area (Å²) in [5.41, 5.74) is 0. The van der Waals surface area contributed by atoms with Gasteiger partial charge in [0.25, 0.3) is 0 Å². The lowest BCUT2D eigenvalue weighted by molar-refractivity contribution is -0.145. The van der Waals surface area contributed by atoms with Crippen LogP contribution in [-0.2, 0) is 14.3 Å². The van der Waals surface area contributed by atoms with E-state index in [1.165, 1.54) is 18.9 Å². The molecule has 0 radical (unpaired) electrons. The van der Waals surface area contributed by atoms with E-state index in [1.807, 2.05) is 0 Å². The van der Waals surface area contributed by atoms with Gasteiger partial charge in [0.1, 0.15) is 0 Å². The quantitative estimate of drug-likeness (QED) is 0.610. The number of carbonyl (C=O) groups excluding carboxylic acids is 2. The number of rotatable bonds is 6. The van der Waals surface area contributed by atoms with Crippen molar-refractivity contribution in [3.8, 4) is 0 Å². The van der Waals surface area contributed by atoms with Crippen LogP contribution < -0.4 is 5.32 Å². The van der Waals surface area contributed by atoms with E-state index in [4.69, 9.17) is 28.3 Å². The summed E-state index contributed by atoms with van der Waals surface area (Å²) in [7, 11) is 1.18. The zero-order valence-corrected chi connectivity index (χ0v) is 12.9. The highest BCUT2D eigenvalue weighted by Gasteiger charge is 2.20. The molecule has 0 fully saturated rings. The maximum Gasteiger partial charge on any atom is 0.330 e. The van der Waals surface area contributed by atoms with Crippen LogP contribution in [0.15, 0.2) is 23.1 Å². The monoisotopic (exact) mass is 337 g/mol. The Morgan fingerprint density at radius 3 is 2.75 bits per heavy atom. The Hall–Kier alpha value is -0.950. The zero-order chi connectivity index (χ0) is 15.1. The van der Waals surface area contributed by atoms with Crippen molar-refractivity contribution in [2.45, 2.75) is 10.9 Å². The maximum atomic E-state index is 11.7. The second-order valence-electron chi connectivity index (χ2n) is 3.69. The lowest BCUT2D eigenvalue weighted by Gasteiger charge is -2.13. The van der Waals surface area contributed by atoms with Gasteiger partial charge in [-0.1, -0.05) is 23.2 Å². The van der Waals surface area contributed by atoms with Gasteiger partial charge < -0.3 is 15.2 Å². The second kappa shape index (κ2) is 8.36. The van der Waals surface area contributed by atoms with Crippen LogP contribution in [0.1, 0.15) is 0 Å². The average Bonchev–Trinajstić information content (AvgIpc) is 2.44. The number of esters is 1. The van der Waals surface area contributed by atoms with E-state index in [0.29, 0.717) is 14.9 Å². The van der Waals surface area contributed by atoms with Gasteiger partial charge in [-0.05, 0) is 18.2 Å². The molecule has 0 aliphatic carbocycles. The number of hydrogen-bond donors (Lipinski definition) is 2. The second-order valence-corrected chi connectivity index (χ2v) is 5.55. The summed E-state index contributed by atoms with van der Waals surface area (Å²) in [6.07, 6.45) is 0. The highest BCUT2D eigenvalue weighted by Crippen LogP contribution is 2.29. The molecule has 0 saturated carbocycles. The number of hydrogen-bond acceptors (Lipinski definition) is 5. The van der Waals surface area contributed by atoms with Crippen LogP contribution in [0.3, 0.4) is 0 Å². The Kier molecular flexibility index (Phi) is 7.15. The molecule has 1 aromatic rings. The van der Waals surface area contributed by atoms with Crippen molar-refractivity contribution in [2.75, 3.05) is 19.5 Å². The van der Waals surface area contributed by atoms with Crippen molar-refractivity contribution in [1.29, 1.82) is 0 Å². The molecule has 1 atom stereocenters. The van der Waals surface area contributed by atoms with Gasteiger partial charge in [-0.25, -0.2) is 4.79 Å². The van der Waals surface area contributed by atoms with Crippen LogP contribution >= 0.6 is 35.0 Å². The SMILES string of the molecule is COC(=O)C(CO)NC(=O)CSc1cc(Cl)ccc1Cl. The fourth-order valence-corrected chi connectivity index (χ4v) is 2.59. The Morgan fingerprint density at radius 2 is 2.15 bits per heavy atom. The number of halogens is 2. The van der Waals surface area contributed by atoms with Crippen LogP contribution in [0.4, 0.5) is 0 Å². The minimum absolute atomic E-state index is 0.0353. The largest absolute Gasteiger partial charge is 0.467 e. The molecule has 0 aromatic heterocycles. The van der Waals surface area contributed by atoms with Crippen molar-refractivity contribution in [3.05, 3.63) is 28.2 Å². The van der Waals surface area contributed by atoms with E-state index in [1.54, 1.807) is 18.2 Å². The third-order valence-electron chi connectivity index (χ3n) is 2.26. The number of amides is 1. The van der Waals surface area contributed by atoms with E-state index >= 15 is 0 Å². The number of methoxy groups -OCH3 is 1. The Bertz CT molecular complexity index is 498. The van der Waals surface area contributed by atoms with Gasteiger partial charge in [0.2, 0.25) is 5.91 Å². The molecule has 0 bridgehead atoms. The molecule has 1 aromatic carbocycles. The van der Waals surface area contributed by atoms with Gasteiger partial charge in [-0.2, -0.15) is 0 Å². The minimum atomic E-state index is -1.07. The number of nitrogens with one attached hydrogen (secondary N) is 1. The van der Waals surface area contributed by atoms with Crippen molar-refractivity contribution in [3.63, 3.8) is 0 Å². The van der Waals surface area contributed by atoms with E-state index in [2.05, 4.69) is 10.1 Å². The minimum Gasteiger partial charge on any atom is -0.467 e. The highest BCUT2D eigenvalue weighted by molar-refractivity contribution is 8.00. The van der Waals surface area contributed by atoms with Crippen LogP contribution in [0, 0.1) is 0 Å². The smallest absolute Gasteiger partial charge is 0.330 e. The van der Waals surface area contributed by atoms with Crippen molar-refractivity contribution in [1.82, 2.24) is 5.32 Å². The number of carbonyl (C=O) groups is 2. The first-order valence-electron chi connectivity index (χ1n) is 5.53. The number of thioether (sulfide) groups is 1. The molecule has 110 valence electrons. The van der Waals surface area contributed by atoms with Gasteiger partial charge in [-0.15, -0.1) is 11.8 Å².